The fourth-order valence-electron chi connectivity index (χ4n) is 3.23. The SMILES string of the molecule is O=C(CN1C(=O)c2ccccc2C1=O)OC(c1ccc2c(c1)OCCO2)C(F)(F)F. The van der Waals surface area contributed by atoms with Crippen LogP contribution in [0, 0.1) is 0 Å². The first kappa shape index (κ1) is 19.7. The lowest BCUT2D eigenvalue weighted by atomic mass is 10.1. The van der Waals surface area contributed by atoms with Crippen molar-refractivity contribution in [2.45, 2.75) is 12.3 Å². The summed E-state index contributed by atoms with van der Waals surface area (Å²) in [4.78, 5) is 37.4. The number of benzene rings is 2. The summed E-state index contributed by atoms with van der Waals surface area (Å²) in [6.45, 7) is -0.500. The Balaban J connectivity index is 1.53. The molecular formula is C20H14F3NO6. The molecule has 2 amide bonds. The maximum absolute atomic E-state index is 13.6. The van der Waals surface area contributed by atoms with Crippen LogP contribution in [0.15, 0.2) is 42.5 Å². The van der Waals surface area contributed by atoms with Gasteiger partial charge < -0.3 is 14.2 Å². The lowest BCUT2D eigenvalue weighted by molar-refractivity contribution is -0.224. The number of ether oxygens (including phenoxy) is 3. The summed E-state index contributed by atoms with van der Waals surface area (Å²) < 4.78 is 55.9. The minimum Gasteiger partial charge on any atom is -0.486 e. The van der Waals surface area contributed by atoms with Crippen LogP contribution in [0.3, 0.4) is 0 Å². The average Bonchev–Trinajstić information content (AvgIpc) is 2.96. The highest BCUT2D eigenvalue weighted by atomic mass is 19.4. The number of fused-ring (bicyclic) bond motifs is 2. The molecule has 0 spiro atoms. The van der Waals surface area contributed by atoms with Gasteiger partial charge in [-0.25, -0.2) is 0 Å². The summed E-state index contributed by atoms with van der Waals surface area (Å²) in [5, 5.41) is 0. The molecule has 0 aromatic heterocycles. The molecule has 1 unspecified atom stereocenters. The number of carbonyl (C=O) groups excluding carboxylic acids is 3. The van der Waals surface area contributed by atoms with Crippen LogP contribution < -0.4 is 9.47 Å². The minimum absolute atomic E-state index is 0.0782. The van der Waals surface area contributed by atoms with Gasteiger partial charge in [-0.2, -0.15) is 13.2 Å². The van der Waals surface area contributed by atoms with E-state index < -0.39 is 36.6 Å². The van der Waals surface area contributed by atoms with Crippen LogP contribution in [-0.2, 0) is 9.53 Å². The monoisotopic (exact) mass is 421 g/mol. The zero-order valence-corrected chi connectivity index (χ0v) is 15.3. The number of nitrogens with zero attached hydrogens (tertiary/aromatic N) is 1. The van der Waals surface area contributed by atoms with Crippen LogP contribution in [0.1, 0.15) is 32.4 Å². The second-order valence-corrected chi connectivity index (χ2v) is 6.56. The van der Waals surface area contributed by atoms with Gasteiger partial charge in [-0.15, -0.1) is 0 Å². The molecule has 156 valence electrons. The Labute approximate surface area is 167 Å². The molecule has 2 aromatic rings. The molecule has 2 aliphatic heterocycles. The topological polar surface area (TPSA) is 82.1 Å². The van der Waals surface area contributed by atoms with Gasteiger partial charge in [0.1, 0.15) is 19.8 Å². The van der Waals surface area contributed by atoms with Gasteiger partial charge in [0.05, 0.1) is 11.1 Å². The Morgan fingerprint density at radius 3 is 2.20 bits per heavy atom. The summed E-state index contributed by atoms with van der Waals surface area (Å²) in [6.07, 6.45) is -7.53. The fourth-order valence-corrected chi connectivity index (χ4v) is 3.23. The molecule has 4 rings (SSSR count). The van der Waals surface area contributed by atoms with Gasteiger partial charge in [-0.3, -0.25) is 19.3 Å². The number of esters is 1. The number of imide groups is 1. The quantitative estimate of drug-likeness (QED) is 0.558. The highest BCUT2D eigenvalue weighted by Gasteiger charge is 2.45. The van der Waals surface area contributed by atoms with Gasteiger partial charge in [0.2, 0.25) is 6.10 Å². The Morgan fingerprint density at radius 2 is 1.60 bits per heavy atom. The van der Waals surface area contributed by atoms with Crippen LogP contribution >= 0.6 is 0 Å². The number of hydrogen-bond acceptors (Lipinski definition) is 6. The summed E-state index contributed by atoms with van der Waals surface area (Å²) in [5.74, 6) is -2.53. The second kappa shape index (κ2) is 7.36. The maximum Gasteiger partial charge on any atom is 0.429 e. The smallest absolute Gasteiger partial charge is 0.429 e. The van der Waals surface area contributed by atoms with E-state index in [1.54, 1.807) is 0 Å². The standard InChI is InChI=1S/C20H14F3NO6/c21-20(22,23)17(11-5-6-14-15(9-11)29-8-7-28-14)30-16(25)10-24-18(26)12-3-1-2-4-13(12)19(24)27/h1-6,9,17H,7-8,10H2. The van der Waals surface area contributed by atoms with Crippen molar-refractivity contribution >= 4 is 17.8 Å². The number of hydrogen-bond donors (Lipinski definition) is 0. The van der Waals surface area contributed by atoms with Crippen molar-refractivity contribution in [3.63, 3.8) is 0 Å². The van der Waals surface area contributed by atoms with Crippen molar-refractivity contribution in [2.75, 3.05) is 19.8 Å². The number of rotatable bonds is 4. The van der Waals surface area contributed by atoms with E-state index in [0.29, 0.717) is 4.90 Å². The van der Waals surface area contributed by atoms with Crippen LogP contribution in [-0.4, -0.2) is 48.6 Å². The van der Waals surface area contributed by atoms with Gasteiger partial charge in [0, 0.05) is 5.56 Å². The van der Waals surface area contributed by atoms with Gasteiger partial charge in [-0.05, 0) is 24.3 Å². The van der Waals surface area contributed by atoms with E-state index in [9.17, 15) is 27.6 Å². The maximum atomic E-state index is 13.6. The normalized spacial score (nSPS) is 16.3. The van der Waals surface area contributed by atoms with Crippen molar-refractivity contribution < 1.29 is 41.8 Å². The third-order valence-corrected chi connectivity index (χ3v) is 4.58. The van der Waals surface area contributed by atoms with Crippen molar-refractivity contribution in [1.29, 1.82) is 0 Å². The average molecular weight is 421 g/mol. The van der Waals surface area contributed by atoms with E-state index >= 15 is 0 Å². The largest absolute Gasteiger partial charge is 0.486 e. The van der Waals surface area contributed by atoms with Crippen molar-refractivity contribution in [3.05, 3.63) is 59.2 Å². The third-order valence-electron chi connectivity index (χ3n) is 4.58. The number of amides is 2. The summed E-state index contributed by atoms with van der Waals surface area (Å²) in [6, 6.07) is 9.35. The predicted octanol–water partition coefficient (Wildman–Crippen LogP) is 2.90. The Kier molecular flexibility index (Phi) is 4.84. The highest BCUT2D eigenvalue weighted by Crippen LogP contribution is 2.40. The predicted molar refractivity (Wildman–Crippen MR) is 94.1 cm³/mol. The fraction of sp³-hybridized carbons (Fsp3) is 0.250. The zero-order chi connectivity index (χ0) is 21.5. The second-order valence-electron chi connectivity index (χ2n) is 6.56. The molecule has 10 heteroatoms. The van der Waals surface area contributed by atoms with Gasteiger partial charge in [-0.1, -0.05) is 18.2 Å². The van der Waals surface area contributed by atoms with Gasteiger partial charge in [0.25, 0.3) is 11.8 Å². The van der Waals surface area contributed by atoms with E-state index in [4.69, 9.17) is 9.47 Å². The zero-order valence-electron chi connectivity index (χ0n) is 15.3. The first-order valence-corrected chi connectivity index (χ1v) is 8.86. The van der Waals surface area contributed by atoms with Crippen LogP contribution in [0.25, 0.3) is 0 Å². The molecular weight excluding hydrogens is 407 g/mol. The minimum atomic E-state index is -4.93. The first-order chi connectivity index (χ1) is 14.3. The molecule has 0 N–H and O–H groups in total. The third kappa shape index (κ3) is 3.56. The summed E-state index contributed by atoms with van der Waals surface area (Å²) in [7, 11) is 0. The van der Waals surface area contributed by atoms with E-state index in [0.717, 1.165) is 12.1 Å². The molecule has 0 fully saturated rings. The van der Waals surface area contributed by atoms with Crippen molar-refractivity contribution in [2.24, 2.45) is 0 Å². The van der Waals surface area contributed by atoms with Crippen LogP contribution in [0.4, 0.5) is 13.2 Å². The van der Waals surface area contributed by atoms with Crippen molar-refractivity contribution in [3.8, 4) is 11.5 Å². The number of carbonyl (C=O) groups is 3. The van der Waals surface area contributed by atoms with Crippen molar-refractivity contribution in [1.82, 2.24) is 4.90 Å². The van der Waals surface area contributed by atoms with Crippen LogP contribution in [0.5, 0.6) is 11.5 Å². The van der Waals surface area contributed by atoms with Gasteiger partial charge in [0.15, 0.2) is 11.5 Å². The Bertz CT molecular complexity index is 1000. The molecule has 2 aliphatic rings. The van der Waals surface area contributed by atoms with E-state index in [2.05, 4.69) is 4.74 Å². The first-order valence-electron chi connectivity index (χ1n) is 8.86. The van der Waals surface area contributed by atoms with E-state index in [1.165, 1.54) is 30.3 Å². The highest BCUT2D eigenvalue weighted by molar-refractivity contribution is 6.22. The molecule has 2 aromatic carbocycles. The summed E-state index contributed by atoms with van der Waals surface area (Å²) in [5.41, 5.74) is -0.216. The van der Waals surface area contributed by atoms with Gasteiger partial charge >= 0.3 is 12.1 Å². The van der Waals surface area contributed by atoms with E-state index in [1.807, 2.05) is 0 Å². The van der Waals surface area contributed by atoms with Crippen LogP contribution in [0.2, 0.25) is 0 Å². The lowest BCUT2D eigenvalue weighted by Crippen LogP contribution is -2.37. The molecule has 0 bridgehead atoms. The molecule has 30 heavy (non-hydrogen) atoms. The Morgan fingerprint density at radius 1 is 1.00 bits per heavy atom. The molecule has 1 atom stereocenters. The molecule has 2 heterocycles. The molecule has 0 saturated heterocycles. The molecule has 0 saturated carbocycles. The molecule has 0 radical (unpaired) electrons. The lowest BCUT2D eigenvalue weighted by Gasteiger charge is -2.24. The summed E-state index contributed by atoms with van der Waals surface area (Å²) >= 11 is 0. The number of halogens is 3. The van der Waals surface area contributed by atoms with E-state index in [-0.39, 0.29) is 41.4 Å². The number of alkyl halides is 3. The molecule has 7 nitrogen and oxygen atoms in total. The molecule has 0 aliphatic carbocycles. The Hall–Kier alpha value is -3.56.